The van der Waals surface area contributed by atoms with Crippen molar-refractivity contribution >= 4 is 11.6 Å². The van der Waals surface area contributed by atoms with Crippen LogP contribution in [0.5, 0.6) is 5.75 Å². The molecule has 0 saturated carbocycles. The molecule has 1 aliphatic heterocycles. The van der Waals surface area contributed by atoms with Gasteiger partial charge in [0.2, 0.25) is 0 Å². The summed E-state index contributed by atoms with van der Waals surface area (Å²) in [6.07, 6.45) is 0. The first-order valence-corrected chi connectivity index (χ1v) is 6.32. The third-order valence-electron chi connectivity index (χ3n) is 2.86. The van der Waals surface area contributed by atoms with Crippen molar-refractivity contribution in [3.8, 4) is 5.75 Å². The number of aryl methyl sites for hydroxylation is 1. The van der Waals surface area contributed by atoms with E-state index >= 15 is 0 Å². The molecule has 2 rings (SSSR count). The van der Waals surface area contributed by atoms with E-state index in [4.69, 9.17) is 21.1 Å². The Morgan fingerprint density at radius 1 is 1.35 bits per heavy atom. The van der Waals surface area contributed by atoms with Crippen LogP contribution < -0.4 is 4.74 Å². The summed E-state index contributed by atoms with van der Waals surface area (Å²) in [6, 6.07) is 5.86. The smallest absolute Gasteiger partial charge is 0.137 e. The highest BCUT2D eigenvalue weighted by Crippen LogP contribution is 2.24. The maximum atomic E-state index is 6.09. The lowest BCUT2D eigenvalue weighted by Gasteiger charge is -2.26. The minimum Gasteiger partial charge on any atom is -0.491 e. The van der Waals surface area contributed by atoms with Crippen molar-refractivity contribution in [3.63, 3.8) is 0 Å². The fourth-order valence-corrected chi connectivity index (χ4v) is 2.12. The van der Waals surface area contributed by atoms with Crippen LogP contribution in [-0.2, 0) is 4.74 Å². The SMILES string of the molecule is Cc1ccc(OCCN2CCOCC2)c(Cl)c1. The standard InChI is InChI=1S/C13H18ClNO2/c1-11-2-3-13(12(14)10-11)17-9-6-15-4-7-16-8-5-15/h2-3,10H,4-9H2,1H3. The van der Waals surface area contributed by atoms with Crippen molar-refractivity contribution in [3.05, 3.63) is 28.8 Å². The second-order valence-electron chi connectivity index (χ2n) is 4.24. The van der Waals surface area contributed by atoms with E-state index in [-0.39, 0.29) is 0 Å². The number of halogens is 1. The van der Waals surface area contributed by atoms with Crippen LogP contribution in [0.2, 0.25) is 5.02 Å². The molecule has 0 atom stereocenters. The molecule has 1 aromatic carbocycles. The molecule has 1 aromatic rings. The summed E-state index contributed by atoms with van der Waals surface area (Å²) in [5.41, 5.74) is 1.15. The number of morpholine rings is 1. The Labute approximate surface area is 107 Å². The normalized spacial score (nSPS) is 17.1. The van der Waals surface area contributed by atoms with E-state index in [1.54, 1.807) is 0 Å². The van der Waals surface area contributed by atoms with Gasteiger partial charge < -0.3 is 9.47 Å². The van der Waals surface area contributed by atoms with Gasteiger partial charge in [-0.05, 0) is 24.6 Å². The van der Waals surface area contributed by atoms with Crippen LogP contribution in [0.3, 0.4) is 0 Å². The Morgan fingerprint density at radius 2 is 2.12 bits per heavy atom. The van der Waals surface area contributed by atoms with E-state index in [9.17, 15) is 0 Å². The molecule has 94 valence electrons. The molecule has 0 aromatic heterocycles. The van der Waals surface area contributed by atoms with Gasteiger partial charge in [0.1, 0.15) is 12.4 Å². The zero-order valence-corrected chi connectivity index (χ0v) is 10.9. The molecule has 0 aliphatic carbocycles. The van der Waals surface area contributed by atoms with Gasteiger partial charge in [0, 0.05) is 19.6 Å². The van der Waals surface area contributed by atoms with Gasteiger partial charge in [-0.25, -0.2) is 0 Å². The van der Waals surface area contributed by atoms with Crippen LogP contribution in [0.25, 0.3) is 0 Å². The molecule has 3 nitrogen and oxygen atoms in total. The third kappa shape index (κ3) is 3.87. The zero-order chi connectivity index (χ0) is 12.1. The number of nitrogens with zero attached hydrogens (tertiary/aromatic N) is 1. The Morgan fingerprint density at radius 3 is 2.82 bits per heavy atom. The van der Waals surface area contributed by atoms with Crippen LogP contribution in [0.4, 0.5) is 0 Å². The highest BCUT2D eigenvalue weighted by Gasteiger charge is 2.10. The highest BCUT2D eigenvalue weighted by atomic mass is 35.5. The molecular weight excluding hydrogens is 238 g/mol. The predicted molar refractivity (Wildman–Crippen MR) is 68.9 cm³/mol. The summed E-state index contributed by atoms with van der Waals surface area (Å²) in [4.78, 5) is 2.34. The quantitative estimate of drug-likeness (QED) is 0.825. The molecule has 0 bridgehead atoms. The van der Waals surface area contributed by atoms with Crippen molar-refractivity contribution in [2.45, 2.75) is 6.92 Å². The van der Waals surface area contributed by atoms with Gasteiger partial charge in [0.15, 0.2) is 0 Å². The molecule has 1 fully saturated rings. The van der Waals surface area contributed by atoms with E-state index in [1.165, 1.54) is 0 Å². The molecule has 0 spiro atoms. The van der Waals surface area contributed by atoms with Gasteiger partial charge in [-0.15, -0.1) is 0 Å². The Balaban J connectivity index is 1.77. The number of rotatable bonds is 4. The first-order valence-electron chi connectivity index (χ1n) is 5.95. The minimum absolute atomic E-state index is 0.669. The van der Waals surface area contributed by atoms with Crippen molar-refractivity contribution < 1.29 is 9.47 Å². The summed E-state index contributed by atoms with van der Waals surface area (Å²) in [5, 5.41) is 0.687. The minimum atomic E-state index is 0.669. The Kier molecular flexibility index (Phi) is 4.66. The fourth-order valence-electron chi connectivity index (χ4n) is 1.83. The summed E-state index contributed by atoms with van der Waals surface area (Å²) in [7, 11) is 0. The lowest BCUT2D eigenvalue weighted by Crippen LogP contribution is -2.38. The van der Waals surface area contributed by atoms with Gasteiger partial charge >= 0.3 is 0 Å². The topological polar surface area (TPSA) is 21.7 Å². The fraction of sp³-hybridized carbons (Fsp3) is 0.538. The first-order chi connectivity index (χ1) is 8.25. The van der Waals surface area contributed by atoms with Crippen molar-refractivity contribution in [2.24, 2.45) is 0 Å². The van der Waals surface area contributed by atoms with E-state index in [2.05, 4.69) is 4.90 Å². The van der Waals surface area contributed by atoms with Crippen molar-refractivity contribution in [2.75, 3.05) is 39.5 Å². The maximum Gasteiger partial charge on any atom is 0.137 e. The lowest BCUT2D eigenvalue weighted by atomic mass is 10.2. The molecule has 1 heterocycles. The Bertz CT molecular complexity index is 364. The number of ether oxygens (including phenoxy) is 2. The van der Waals surface area contributed by atoms with Crippen molar-refractivity contribution in [1.29, 1.82) is 0 Å². The molecule has 0 radical (unpaired) electrons. The van der Waals surface area contributed by atoms with Crippen LogP contribution in [0, 0.1) is 6.92 Å². The number of hydrogen-bond donors (Lipinski definition) is 0. The molecule has 0 N–H and O–H groups in total. The van der Waals surface area contributed by atoms with Gasteiger partial charge in [-0.3, -0.25) is 4.90 Å². The van der Waals surface area contributed by atoms with E-state index in [0.29, 0.717) is 11.6 Å². The molecule has 0 amide bonds. The summed E-state index contributed by atoms with van der Waals surface area (Å²) in [5.74, 6) is 0.769. The van der Waals surface area contributed by atoms with Gasteiger partial charge in [-0.2, -0.15) is 0 Å². The second kappa shape index (κ2) is 6.24. The molecule has 1 saturated heterocycles. The second-order valence-corrected chi connectivity index (χ2v) is 4.64. The summed E-state index contributed by atoms with van der Waals surface area (Å²) >= 11 is 6.09. The molecule has 17 heavy (non-hydrogen) atoms. The van der Waals surface area contributed by atoms with Gasteiger partial charge in [0.05, 0.1) is 18.2 Å². The maximum absolute atomic E-state index is 6.09. The molecule has 1 aliphatic rings. The molecule has 0 unspecified atom stereocenters. The van der Waals surface area contributed by atoms with Crippen molar-refractivity contribution in [1.82, 2.24) is 4.90 Å². The average Bonchev–Trinajstić information content (AvgIpc) is 2.33. The van der Waals surface area contributed by atoms with Crippen LogP contribution in [0.1, 0.15) is 5.56 Å². The summed E-state index contributed by atoms with van der Waals surface area (Å²) < 4.78 is 11.0. The first kappa shape index (κ1) is 12.7. The predicted octanol–water partition coefficient (Wildman–Crippen LogP) is 2.36. The summed E-state index contributed by atoms with van der Waals surface area (Å²) in [6.45, 7) is 7.24. The number of hydrogen-bond acceptors (Lipinski definition) is 3. The van der Waals surface area contributed by atoms with E-state index in [1.807, 2.05) is 25.1 Å². The lowest BCUT2D eigenvalue weighted by molar-refractivity contribution is 0.0322. The largest absolute Gasteiger partial charge is 0.491 e. The monoisotopic (exact) mass is 255 g/mol. The van der Waals surface area contributed by atoms with Crippen LogP contribution in [-0.4, -0.2) is 44.4 Å². The average molecular weight is 256 g/mol. The van der Waals surface area contributed by atoms with E-state index < -0.39 is 0 Å². The van der Waals surface area contributed by atoms with Crippen LogP contribution in [0.15, 0.2) is 18.2 Å². The number of benzene rings is 1. The Hall–Kier alpha value is -0.770. The van der Waals surface area contributed by atoms with Crippen LogP contribution >= 0.6 is 11.6 Å². The highest BCUT2D eigenvalue weighted by molar-refractivity contribution is 6.32. The van der Waals surface area contributed by atoms with Gasteiger partial charge in [-0.1, -0.05) is 17.7 Å². The van der Waals surface area contributed by atoms with E-state index in [0.717, 1.165) is 44.2 Å². The molecular formula is C13H18ClNO2. The van der Waals surface area contributed by atoms with Gasteiger partial charge in [0.25, 0.3) is 0 Å². The third-order valence-corrected chi connectivity index (χ3v) is 3.15. The zero-order valence-electron chi connectivity index (χ0n) is 10.1. The molecule has 4 heteroatoms.